The first kappa shape index (κ1) is 11.9. The summed E-state index contributed by atoms with van der Waals surface area (Å²) >= 11 is 5.97. The van der Waals surface area contributed by atoms with Crippen molar-refractivity contribution in [1.82, 2.24) is 0 Å². The summed E-state index contributed by atoms with van der Waals surface area (Å²) in [4.78, 5) is 16.3. The topological polar surface area (TPSA) is 41.5 Å². The molecule has 2 aromatic rings. The Morgan fingerprint density at radius 3 is 2.74 bits per heavy atom. The maximum absolute atomic E-state index is 11.9. The Kier molecular flexibility index (Phi) is 3.05. The van der Waals surface area contributed by atoms with Crippen LogP contribution in [0.25, 0.3) is 0 Å². The second-order valence-corrected chi connectivity index (χ2v) is 4.75. The minimum atomic E-state index is -0.381. The van der Waals surface area contributed by atoms with E-state index in [4.69, 9.17) is 11.6 Å². The van der Waals surface area contributed by atoms with Gasteiger partial charge < -0.3 is 5.32 Å². The molecule has 0 saturated heterocycles. The van der Waals surface area contributed by atoms with Crippen LogP contribution in [0.3, 0.4) is 0 Å². The summed E-state index contributed by atoms with van der Waals surface area (Å²) in [5.41, 5.74) is 2.50. The van der Waals surface area contributed by atoms with Gasteiger partial charge in [0.2, 0.25) is 5.91 Å². The van der Waals surface area contributed by atoms with E-state index >= 15 is 0 Å². The van der Waals surface area contributed by atoms with E-state index in [-0.39, 0.29) is 11.8 Å². The molecule has 19 heavy (non-hydrogen) atoms. The largest absolute Gasteiger partial charge is 0.325 e. The van der Waals surface area contributed by atoms with Gasteiger partial charge in [-0.3, -0.25) is 9.79 Å². The lowest BCUT2D eigenvalue weighted by molar-refractivity contribution is -0.115. The zero-order valence-electron chi connectivity index (χ0n) is 10.0. The molecule has 0 saturated carbocycles. The van der Waals surface area contributed by atoms with E-state index in [9.17, 15) is 4.79 Å². The van der Waals surface area contributed by atoms with Crippen molar-refractivity contribution in [3.8, 4) is 0 Å². The zero-order chi connectivity index (χ0) is 13.2. The van der Waals surface area contributed by atoms with Crippen LogP contribution in [-0.2, 0) is 4.79 Å². The highest BCUT2D eigenvalue weighted by atomic mass is 35.5. The van der Waals surface area contributed by atoms with Crippen LogP contribution >= 0.6 is 11.6 Å². The molecule has 0 aromatic heterocycles. The van der Waals surface area contributed by atoms with Crippen LogP contribution < -0.4 is 5.32 Å². The van der Waals surface area contributed by atoms with Gasteiger partial charge in [0, 0.05) is 16.9 Å². The third kappa shape index (κ3) is 2.37. The van der Waals surface area contributed by atoms with Crippen molar-refractivity contribution in [2.24, 2.45) is 4.99 Å². The third-order valence-corrected chi connectivity index (χ3v) is 3.25. The second-order valence-electron chi connectivity index (χ2n) is 4.31. The second kappa shape index (κ2) is 4.86. The molecule has 0 spiro atoms. The van der Waals surface area contributed by atoms with Crippen LogP contribution in [0.15, 0.2) is 53.5 Å². The highest BCUT2D eigenvalue weighted by Gasteiger charge is 2.29. The van der Waals surface area contributed by atoms with Crippen LogP contribution in [0.4, 0.5) is 11.4 Å². The minimum absolute atomic E-state index is 0.0723. The number of nitrogens with one attached hydrogen (secondary N) is 1. The molecule has 1 aliphatic heterocycles. The number of hydrogen-bond donors (Lipinski definition) is 1. The number of amides is 1. The van der Waals surface area contributed by atoms with Gasteiger partial charge in [-0.2, -0.15) is 0 Å². The molecule has 2 aromatic carbocycles. The monoisotopic (exact) mass is 270 g/mol. The number of anilines is 1. The molecule has 3 nitrogen and oxygen atoms in total. The number of fused-ring (bicyclic) bond motifs is 1. The Hall–Kier alpha value is -2.13. The molecule has 1 atom stereocenters. The molecular weight excluding hydrogens is 260 g/mol. The maximum atomic E-state index is 11.9. The molecule has 1 N–H and O–H groups in total. The lowest BCUT2D eigenvalue weighted by Crippen LogP contribution is -2.12. The van der Waals surface area contributed by atoms with E-state index < -0.39 is 0 Å². The van der Waals surface area contributed by atoms with Crippen molar-refractivity contribution >= 4 is 35.1 Å². The number of nitrogens with zero attached hydrogens (tertiary/aromatic N) is 1. The van der Waals surface area contributed by atoms with Crippen LogP contribution in [0.1, 0.15) is 11.5 Å². The number of benzene rings is 2. The first-order valence-electron chi connectivity index (χ1n) is 5.93. The number of aliphatic imine (C=N–C) groups is 1. The molecule has 3 rings (SSSR count). The van der Waals surface area contributed by atoms with Gasteiger partial charge in [-0.25, -0.2) is 0 Å². The Balaban J connectivity index is 1.92. The molecule has 4 heteroatoms. The molecule has 1 aliphatic rings. The van der Waals surface area contributed by atoms with Gasteiger partial charge in [-0.1, -0.05) is 29.8 Å². The molecule has 94 valence electrons. The first-order chi connectivity index (χ1) is 9.24. The summed E-state index contributed by atoms with van der Waals surface area (Å²) in [6.07, 6.45) is 1.66. The highest BCUT2D eigenvalue weighted by molar-refractivity contribution is 6.31. The average Bonchev–Trinajstić information content (AvgIpc) is 2.73. The Morgan fingerprint density at radius 2 is 1.95 bits per heavy atom. The number of hydrogen-bond acceptors (Lipinski definition) is 2. The highest BCUT2D eigenvalue weighted by Crippen LogP contribution is 2.33. The molecule has 1 heterocycles. The van der Waals surface area contributed by atoms with Gasteiger partial charge in [0.15, 0.2) is 0 Å². The molecular formula is C15H11ClN2O. The number of halogens is 1. The number of carbonyl (C=O) groups excluding carboxylic acids is 1. The predicted molar refractivity (Wildman–Crippen MR) is 77.4 cm³/mol. The summed E-state index contributed by atoms with van der Waals surface area (Å²) in [5.74, 6) is -0.453. The number of rotatable bonds is 2. The standard InChI is InChI=1S/C15H11ClN2O/c16-10-6-7-14-12(8-10)13(15(19)18-14)9-17-11-4-2-1-3-5-11/h1-9,13H,(H,18,19). The first-order valence-corrected chi connectivity index (χ1v) is 6.31. The fourth-order valence-corrected chi connectivity index (χ4v) is 2.26. The van der Waals surface area contributed by atoms with Crippen LogP contribution in [0.5, 0.6) is 0 Å². The Bertz CT molecular complexity index is 652. The summed E-state index contributed by atoms with van der Waals surface area (Å²) in [5, 5.41) is 3.44. The van der Waals surface area contributed by atoms with E-state index in [1.165, 1.54) is 0 Å². The Morgan fingerprint density at radius 1 is 1.16 bits per heavy atom. The smallest absolute Gasteiger partial charge is 0.237 e. The van der Waals surface area contributed by atoms with E-state index in [2.05, 4.69) is 10.3 Å². The molecule has 0 radical (unpaired) electrons. The molecule has 0 bridgehead atoms. The fourth-order valence-electron chi connectivity index (χ4n) is 2.08. The van der Waals surface area contributed by atoms with Gasteiger partial charge >= 0.3 is 0 Å². The summed E-state index contributed by atoms with van der Waals surface area (Å²) in [6, 6.07) is 14.9. The average molecular weight is 271 g/mol. The summed E-state index contributed by atoms with van der Waals surface area (Å²) in [7, 11) is 0. The summed E-state index contributed by atoms with van der Waals surface area (Å²) in [6.45, 7) is 0. The van der Waals surface area contributed by atoms with Crippen molar-refractivity contribution in [2.45, 2.75) is 5.92 Å². The SMILES string of the molecule is O=C1Nc2ccc(Cl)cc2C1C=Nc1ccccc1. The van der Waals surface area contributed by atoms with Gasteiger partial charge in [-0.05, 0) is 35.9 Å². The molecule has 1 amide bonds. The Labute approximate surface area is 115 Å². The fraction of sp³-hybridized carbons (Fsp3) is 0.0667. The van der Waals surface area contributed by atoms with Gasteiger partial charge in [0.1, 0.15) is 5.92 Å². The van der Waals surface area contributed by atoms with Crippen molar-refractivity contribution in [1.29, 1.82) is 0 Å². The lowest BCUT2D eigenvalue weighted by atomic mass is 10.0. The van der Waals surface area contributed by atoms with Crippen molar-refractivity contribution in [3.63, 3.8) is 0 Å². The quantitative estimate of drug-likeness (QED) is 0.829. The van der Waals surface area contributed by atoms with Crippen molar-refractivity contribution in [3.05, 3.63) is 59.1 Å². The maximum Gasteiger partial charge on any atom is 0.237 e. The van der Waals surface area contributed by atoms with Crippen LogP contribution in [0.2, 0.25) is 5.02 Å². The zero-order valence-corrected chi connectivity index (χ0v) is 10.8. The molecule has 0 aliphatic carbocycles. The van der Waals surface area contributed by atoms with Crippen LogP contribution in [0, 0.1) is 0 Å². The molecule has 1 unspecified atom stereocenters. The van der Waals surface area contributed by atoms with E-state index in [1.807, 2.05) is 36.4 Å². The van der Waals surface area contributed by atoms with E-state index in [0.717, 1.165) is 16.9 Å². The van der Waals surface area contributed by atoms with Crippen LogP contribution in [-0.4, -0.2) is 12.1 Å². The van der Waals surface area contributed by atoms with Gasteiger partial charge in [0.25, 0.3) is 0 Å². The molecule has 0 fully saturated rings. The van der Waals surface area contributed by atoms with E-state index in [0.29, 0.717) is 5.02 Å². The van der Waals surface area contributed by atoms with Crippen molar-refractivity contribution in [2.75, 3.05) is 5.32 Å². The van der Waals surface area contributed by atoms with Gasteiger partial charge in [-0.15, -0.1) is 0 Å². The minimum Gasteiger partial charge on any atom is -0.325 e. The van der Waals surface area contributed by atoms with Crippen molar-refractivity contribution < 1.29 is 4.79 Å². The predicted octanol–water partition coefficient (Wildman–Crippen LogP) is 3.78. The third-order valence-electron chi connectivity index (χ3n) is 3.02. The van der Waals surface area contributed by atoms with Gasteiger partial charge in [0.05, 0.1) is 5.69 Å². The lowest BCUT2D eigenvalue weighted by Gasteiger charge is -2.02. The van der Waals surface area contributed by atoms with E-state index in [1.54, 1.807) is 18.3 Å². The number of carbonyl (C=O) groups is 1. The summed E-state index contributed by atoms with van der Waals surface area (Å²) < 4.78 is 0. The normalized spacial score (nSPS) is 17.5. The number of para-hydroxylation sites is 1.